The Hall–Kier alpha value is -0.510. The molecule has 0 fully saturated rings. The van der Waals surface area contributed by atoms with Crippen LogP contribution in [0.1, 0.15) is 31.1 Å². The molecular weight excluding hydrogens is 371 g/mol. The Morgan fingerprint density at radius 3 is 2.24 bits per heavy atom. The lowest BCUT2D eigenvalue weighted by Gasteiger charge is -2.29. The summed E-state index contributed by atoms with van der Waals surface area (Å²) in [5, 5.41) is 4.62. The monoisotopic (exact) mass is 388 g/mol. The fourth-order valence-electron chi connectivity index (χ4n) is 2.30. The number of halogens is 3. The lowest BCUT2D eigenvalue weighted by atomic mass is 9.80. The molecule has 0 bridgehead atoms. The van der Waals surface area contributed by atoms with Crippen LogP contribution in [-0.4, -0.2) is 21.5 Å². The van der Waals surface area contributed by atoms with Gasteiger partial charge in [0.15, 0.2) is 0 Å². The summed E-state index contributed by atoms with van der Waals surface area (Å²) in [4.78, 5) is 0. The van der Waals surface area contributed by atoms with Crippen LogP contribution in [0, 0.1) is 0 Å². The first-order valence-electron chi connectivity index (χ1n) is 6.93. The number of rotatable bonds is 6. The van der Waals surface area contributed by atoms with E-state index in [0.29, 0.717) is 17.8 Å². The molecular formula is C16H19BrCl2N2. The Labute approximate surface area is 144 Å². The molecule has 0 atom stereocenters. The molecule has 0 aliphatic heterocycles. The molecule has 1 aromatic carbocycles. The standard InChI is InChI=1S/C16H19BrCl2N2/c1-12(2)21-8-7-15(20-21)9-16(10-18,11-19)13-3-5-14(17)6-4-13/h3-8,12H,9-11H2,1-2H3. The van der Waals surface area contributed by atoms with Crippen molar-refractivity contribution in [1.82, 2.24) is 9.78 Å². The second-order valence-corrected chi connectivity index (χ2v) is 7.06. The van der Waals surface area contributed by atoms with Crippen molar-refractivity contribution in [1.29, 1.82) is 0 Å². The molecule has 0 amide bonds. The number of alkyl halides is 2. The lowest BCUT2D eigenvalue weighted by Crippen LogP contribution is -2.33. The van der Waals surface area contributed by atoms with Crippen LogP contribution in [0.4, 0.5) is 0 Å². The second-order valence-electron chi connectivity index (χ2n) is 5.61. The Morgan fingerprint density at radius 2 is 1.76 bits per heavy atom. The highest BCUT2D eigenvalue weighted by Crippen LogP contribution is 2.32. The molecule has 0 aliphatic carbocycles. The van der Waals surface area contributed by atoms with Gasteiger partial charge in [-0.2, -0.15) is 5.10 Å². The summed E-state index contributed by atoms with van der Waals surface area (Å²) >= 11 is 16.0. The van der Waals surface area contributed by atoms with Gasteiger partial charge < -0.3 is 0 Å². The topological polar surface area (TPSA) is 17.8 Å². The number of hydrogen-bond acceptors (Lipinski definition) is 1. The first-order valence-corrected chi connectivity index (χ1v) is 8.79. The summed E-state index contributed by atoms with van der Waals surface area (Å²) in [6.45, 7) is 4.23. The number of aromatic nitrogens is 2. The van der Waals surface area contributed by atoms with Crippen LogP contribution < -0.4 is 0 Å². The van der Waals surface area contributed by atoms with Gasteiger partial charge in [-0.1, -0.05) is 28.1 Å². The zero-order valence-electron chi connectivity index (χ0n) is 12.2. The molecule has 5 heteroatoms. The molecule has 2 rings (SSSR count). The van der Waals surface area contributed by atoms with Crippen molar-refractivity contribution >= 4 is 39.1 Å². The number of nitrogens with zero attached hydrogens (tertiary/aromatic N) is 2. The molecule has 21 heavy (non-hydrogen) atoms. The van der Waals surface area contributed by atoms with Crippen molar-refractivity contribution in [3.05, 3.63) is 52.3 Å². The average molecular weight is 390 g/mol. The van der Waals surface area contributed by atoms with E-state index < -0.39 is 0 Å². The third-order valence-electron chi connectivity index (χ3n) is 3.68. The zero-order chi connectivity index (χ0) is 15.5. The van der Waals surface area contributed by atoms with E-state index in [-0.39, 0.29) is 5.41 Å². The molecule has 0 spiro atoms. The van der Waals surface area contributed by atoms with Gasteiger partial charge in [-0.05, 0) is 37.6 Å². The van der Waals surface area contributed by atoms with Crippen LogP contribution in [0.2, 0.25) is 0 Å². The van der Waals surface area contributed by atoms with E-state index in [4.69, 9.17) is 23.2 Å². The van der Waals surface area contributed by atoms with Crippen molar-refractivity contribution in [3.63, 3.8) is 0 Å². The molecule has 0 aliphatic rings. The summed E-state index contributed by atoms with van der Waals surface area (Å²) in [7, 11) is 0. The lowest BCUT2D eigenvalue weighted by molar-refractivity contribution is 0.496. The van der Waals surface area contributed by atoms with E-state index in [1.807, 2.05) is 29.1 Å². The van der Waals surface area contributed by atoms with Crippen LogP contribution in [0.15, 0.2) is 41.0 Å². The Balaban J connectivity index is 2.30. The molecule has 2 aromatic rings. The summed E-state index contributed by atoms with van der Waals surface area (Å²) in [5.74, 6) is 0.930. The largest absolute Gasteiger partial charge is 0.270 e. The minimum absolute atomic E-state index is 0.292. The van der Waals surface area contributed by atoms with Gasteiger partial charge in [0.25, 0.3) is 0 Å². The van der Waals surface area contributed by atoms with Crippen molar-refractivity contribution < 1.29 is 0 Å². The van der Waals surface area contributed by atoms with Crippen molar-refractivity contribution in [3.8, 4) is 0 Å². The quantitative estimate of drug-likeness (QED) is 0.622. The van der Waals surface area contributed by atoms with Crippen LogP contribution in [0.5, 0.6) is 0 Å². The predicted molar refractivity (Wildman–Crippen MR) is 93.6 cm³/mol. The Kier molecular flexibility index (Phi) is 5.75. The molecule has 0 saturated carbocycles. The van der Waals surface area contributed by atoms with Crippen LogP contribution >= 0.6 is 39.1 Å². The van der Waals surface area contributed by atoms with E-state index in [2.05, 4.69) is 47.0 Å². The molecule has 0 radical (unpaired) electrons. The molecule has 0 unspecified atom stereocenters. The minimum atomic E-state index is -0.292. The Morgan fingerprint density at radius 1 is 1.14 bits per heavy atom. The van der Waals surface area contributed by atoms with Gasteiger partial charge in [-0.25, -0.2) is 0 Å². The fourth-order valence-corrected chi connectivity index (χ4v) is 3.34. The van der Waals surface area contributed by atoms with Crippen molar-refractivity contribution in [2.24, 2.45) is 0 Å². The van der Waals surface area contributed by atoms with Crippen LogP contribution in [0.25, 0.3) is 0 Å². The maximum absolute atomic E-state index is 6.29. The van der Waals surface area contributed by atoms with E-state index >= 15 is 0 Å². The number of benzene rings is 1. The number of hydrogen-bond donors (Lipinski definition) is 0. The third-order valence-corrected chi connectivity index (χ3v) is 5.23. The summed E-state index contributed by atoms with van der Waals surface area (Å²) in [6, 6.07) is 10.6. The predicted octanol–water partition coefficient (Wildman–Crippen LogP) is 5.18. The van der Waals surface area contributed by atoms with Gasteiger partial charge in [0, 0.05) is 40.3 Å². The molecule has 0 N–H and O–H groups in total. The second kappa shape index (κ2) is 7.17. The molecule has 1 aromatic heterocycles. The highest BCUT2D eigenvalue weighted by atomic mass is 79.9. The van der Waals surface area contributed by atoms with Gasteiger partial charge in [0.2, 0.25) is 0 Å². The highest BCUT2D eigenvalue weighted by Gasteiger charge is 2.32. The molecule has 2 nitrogen and oxygen atoms in total. The van der Waals surface area contributed by atoms with Gasteiger partial charge in [0.1, 0.15) is 0 Å². The Bertz CT molecular complexity index is 574. The van der Waals surface area contributed by atoms with Crippen LogP contribution in [-0.2, 0) is 11.8 Å². The molecule has 0 saturated heterocycles. The normalized spacial score (nSPS) is 12.1. The fraction of sp³-hybridized carbons (Fsp3) is 0.438. The molecule has 1 heterocycles. The van der Waals surface area contributed by atoms with E-state index in [1.54, 1.807) is 0 Å². The first-order chi connectivity index (χ1) is 10.0. The van der Waals surface area contributed by atoms with Gasteiger partial charge in [0.05, 0.1) is 5.69 Å². The summed E-state index contributed by atoms with van der Waals surface area (Å²) < 4.78 is 3.01. The summed E-state index contributed by atoms with van der Waals surface area (Å²) in [6.07, 6.45) is 2.75. The first kappa shape index (κ1) is 16.9. The minimum Gasteiger partial charge on any atom is -0.270 e. The SMILES string of the molecule is CC(C)n1ccc(CC(CCl)(CCl)c2ccc(Br)cc2)n1. The third kappa shape index (κ3) is 3.82. The van der Waals surface area contributed by atoms with E-state index in [1.165, 1.54) is 0 Å². The van der Waals surface area contributed by atoms with Crippen molar-refractivity contribution in [2.45, 2.75) is 31.7 Å². The van der Waals surface area contributed by atoms with E-state index in [0.717, 1.165) is 22.2 Å². The summed E-state index contributed by atoms with van der Waals surface area (Å²) in [5.41, 5.74) is 1.88. The molecule has 114 valence electrons. The maximum atomic E-state index is 6.29. The highest BCUT2D eigenvalue weighted by molar-refractivity contribution is 9.10. The smallest absolute Gasteiger partial charge is 0.0634 e. The van der Waals surface area contributed by atoms with Crippen molar-refractivity contribution in [2.75, 3.05) is 11.8 Å². The maximum Gasteiger partial charge on any atom is 0.0634 e. The van der Waals surface area contributed by atoms with Gasteiger partial charge in [-0.3, -0.25) is 4.68 Å². The average Bonchev–Trinajstić information content (AvgIpc) is 2.94. The van der Waals surface area contributed by atoms with Crippen LogP contribution in [0.3, 0.4) is 0 Å². The van der Waals surface area contributed by atoms with Gasteiger partial charge >= 0.3 is 0 Å². The van der Waals surface area contributed by atoms with Gasteiger partial charge in [-0.15, -0.1) is 23.2 Å². The van der Waals surface area contributed by atoms with E-state index in [9.17, 15) is 0 Å². The zero-order valence-corrected chi connectivity index (χ0v) is 15.3.